The molecule has 0 bridgehead atoms. The molecule has 1 aromatic rings. The van der Waals surface area contributed by atoms with Gasteiger partial charge in [0.25, 0.3) is 0 Å². The van der Waals surface area contributed by atoms with E-state index in [0.29, 0.717) is 12.1 Å². The zero-order valence-corrected chi connectivity index (χ0v) is 13.3. The van der Waals surface area contributed by atoms with Gasteiger partial charge in [-0.2, -0.15) is 0 Å². The Morgan fingerprint density at radius 1 is 1.42 bits per heavy atom. The Bertz CT molecular complexity index is 382. The molecule has 0 amide bonds. The van der Waals surface area contributed by atoms with Crippen LogP contribution in [-0.4, -0.2) is 19.3 Å². The second-order valence-electron chi connectivity index (χ2n) is 5.58. The van der Waals surface area contributed by atoms with Gasteiger partial charge in [-0.05, 0) is 64.1 Å². The van der Waals surface area contributed by atoms with E-state index in [2.05, 4.69) is 32.2 Å². The van der Waals surface area contributed by atoms with E-state index in [9.17, 15) is 0 Å². The first-order valence-electron chi connectivity index (χ1n) is 7.62. The fourth-order valence-corrected chi connectivity index (χ4v) is 4.11. The van der Waals surface area contributed by atoms with E-state index in [4.69, 9.17) is 4.74 Å². The number of hydrogen-bond acceptors (Lipinski definition) is 3. The van der Waals surface area contributed by atoms with Crippen LogP contribution in [0.15, 0.2) is 6.07 Å². The maximum absolute atomic E-state index is 5.85. The van der Waals surface area contributed by atoms with Gasteiger partial charge in [0.05, 0.1) is 6.10 Å². The van der Waals surface area contributed by atoms with Gasteiger partial charge < -0.3 is 10.1 Å². The van der Waals surface area contributed by atoms with Crippen molar-refractivity contribution in [3.8, 4) is 0 Å². The molecule has 1 saturated heterocycles. The lowest BCUT2D eigenvalue weighted by molar-refractivity contribution is 0.00861. The molecule has 2 rings (SSSR count). The molecule has 2 nitrogen and oxygen atoms in total. The number of aryl methyl sites for hydroxylation is 2. The predicted octanol–water partition coefficient (Wildman–Crippen LogP) is 4.36. The van der Waals surface area contributed by atoms with E-state index in [0.717, 1.165) is 13.2 Å². The van der Waals surface area contributed by atoms with Crippen molar-refractivity contribution in [3.05, 3.63) is 21.4 Å². The van der Waals surface area contributed by atoms with Crippen LogP contribution in [0.4, 0.5) is 0 Å². The summed E-state index contributed by atoms with van der Waals surface area (Å²) in [5.74, 6) is 0. The zero-order valence-electron chi connectivity index (χ0n) is 12.5. The molecule has 0 spiro atoms. The Morgan fingerprint density at radius 2 is 2.26 bits per heavy atom. The lowest BCUT2D eigenvalue weighted by Crippen LogP contribution is -2.24. The standard InChI is InChI=1S/C16H27NOS/c1-4-17-15(16-12(2)11-13(3)19-16)9-8-14-7-5-6-10-18-14/h11,14-15,17H,4-10H2,1-3H3. The first-order valence-corrected chi connectivity index (χ1v) is 8.44. The lowest BCUT2D eigenvalue weighted by Gasteiger charge is -2.25. The van der Waals surface area contributed by atoms with E-state index in [1.54, 1.807) is 0 Å². The second-order valence-corrected chi connectivity index (χ2v) is 6.87. The summed E-state index contributed by atoms with van der Waals surface area (Å²) >= 11 is 1.95. The SMILES string of the molecule is CCNC(CCC1CCCCO1)c1sc(C)cc1C. The van der Waals surface area contributed by atoms with Gasteiger partial charge in [0.2, 0.25) is 0 Å². The highest BCUT2D eigenvalue weighted by atomic mass is 32.1. The average Bonchev–Trinajstić information content (AvgIpc) is 2.75. The minimum atomic E-state index is 0.497. The van der Waals surface area contributed by atoms with Crippen molar-refractivity contribution in [1.82, 2.24) is 5.32 Å². The summed E-state index contributed by atoms with van der Waals surface area (Å²) in [6.45, 7) is 8.63. The molecule has 1 aromatic heterocycles. The highest BCUT2D eigenvalue weighted by Gasteiger charge is 2.19. The van der Waals surface area contributed by atoms with Gasteiger partial charge in [0.15, 0.2) is 0 Å². The van der Waals surface area contributed by atoms with Crippen LogP contribution >= 0.6 is 11.3 Å². The molecule has 1 aliphatic heterocycles. The van der Waals surface area contributed by atoms with Gasteiger partial charge in [0.1, 0.15) is 0 Å². The highest BCUT2D eigenvalue weighted by Crippen LogP contribution is 2.31. The van der Waals surface area contributed by atoms with Crippen molar-refractivity contribution < 1.29 is 4.74 Å². The number of rotatable bonds is 6. The van der Waals surface area contributed by atoms with Crippen molar-refractivity contribution in [2.75, 3.05) is 13.2 Å². The topological polar surface area (TPSA) is 21.3 Å². The van der Waals surface area contributed by atoms with E-state index >= 15 is 0 Å². The molecule has 19 heavy (non-hydrogen) atoms. The Labute approximate surface area is 121 Å². The first-order chi connectivity index (χ1) is 9.20. The van der Waals surface area contributed by atoms with Crippen LogP contribution in [0.2, 0.25) is 0 Å². The van der Waals surface area contributed by atoms with Crippen molar-refractivity contribution in [1.29, 1.82) is 0 Å². The van der Waals surface area contributed by atoms with Crippen molar-refractivity contribution >= 4 is 11.3 Å². The fourth-order valence-electron chi connectivity index (χ4n) is 2.97. The predicted molar refractivity (Wildman–Crippen MR) is 83.0 cm³/mol. The van der Waals surface area contributed by atoms with E-state index in [1.807, 2.05) is 11.3 Å². The molecule has 2 atom stereocenters. The number of hydrogen-bond donors (Lipinski definition) is 1. The summed E-state index contributed by atoms with van der Waals surface area (Å²) in [4.78, 5) is 2.94. The average molecular weight is 281 g/mol. The van der Waals surface area contributed by atoms with Crippen LogP contribution in [0.5, 0.6) is 0 Å². The van der Waals surface area contributed by atoms with Crippen LogP contribution in [0.3, 0.4) is 0 Å². The summed E-state index contributed by atoms with van der Waals surface area (Å²) in [7, 11) is 0. The molecule has 0 aromatic carbocycles. The molecule has 2 heterocycles. The largest absolute Gasteiger partial charge is 0.378 e. The highest BCUT2D eigenvalue weighted by molar-refractivity contribution is 7.12. The van der Waals surface area contributed by atoms with Gasteiger partial charge in [-0.3, -0.25) is 0 Å². The number of thiophene rings is 1. The van der Waals surface area contributed by atoms with Crippen LogP contribution in [0.25, 0.3) is 0 Å². The Kier molecular flexibility index (Phi) is 5.86. The van der Waals surface area contributed by atoms with Crippen LogP contribution in [0, 0.1) is 13.8 Å². The third-order valence-electron chi connectivity index (χ3n) is 3.90. The van der Waals surface area contributed by atoms with Crippen molar-refractivity contribution in [3.63, 3.8) is 0 Å². The van der Waals surface area contributed by atoms with Crippen molar-refractivity contribution in [2.45, 2.75) is 65.0 Å². The normalized spacial score (nSPS) is 21.5. The summed E-state index contributed by atoms with van der Waals surface area (Å²) in [6.07, 6.45) is 6.72. The third kappa shape index (κ3) is 4.30. The van der Waals surface area contributed by atoms with E-state index < -0.39 is 0 Å². The van der Waals surface area contributed by atoms with Gasteiger partial charge in [-0.15, -0.1) is 11.3 Å². The van der Waals surface area contributed by atoms with Gasteiger partial charge >= 0.3 is 0 Å². The second kappa shape index (κ2) is 7.41. The molecule has 0 aliphatic carbocycles. The van der Waals surface area contributed by atoms with Gasteiger partial charge in [-0.1, -0.05) is 6.92 Å². The Morgan fingerprint density at radius 3 is 2.84 bits per heavy atom. The molecular formula is C16H27NOS. The van der Waals surface area contributed by atoms with Crippen LogP contribution in [-0.2, 0) is 4.74 Å². The molecule has 1 aliphatic rings. The Balaban J connectivity index is 1.93. The summed E-state index contributed by atoms with van der Waals surface area (Å²) in [6, 6.07) is 2.82. The monoisotopic (exact) mass is 281 g/mol. The smallest absolute Gasteiger partial charge is 0.0575 e. The van der Waals surface area contributed by atoms with Crippen molar-refractivity contribution in [2.24, 2.45) is 0 Å². The van der Waals surface area contributed by atoms with Gasteiger partial charge in [0, 0.05) is 22.4 Å². The number of ether oxygens (including phenoxy) is 1. The maximum atomic E-state index is 5.85. The van der Waals surface area contributed by atoms with E-state index in [-0.39, 0.29) is 0 Å². The first kappa shape index (κ1) is 15.0. The zero-order chi connectivity index (χ0) is 13.7. The molecule has 0 radical (unpaired) electrons. The summed E-state index contributed by atoms with van der Waals surface area (Å²) in [5.41, 5.74) is 1.44. The molecular weight excluding hydrogens is 254 g/mol. The van der Waals surface area contributed by atoms with Crippen LogP contribution in [0.1, 0.15) is 60.4 Å². The van der Waals surface area contributed by atoms with Gasteiger partial charge in [-0.25, -0.2) is 0 Å². The molecule has 108 valence electrons. The quantitative estimate of drug-likeness (QED) is 0.836. The molecule has 1 N–H and O–H groups in total. The van der Waals surface area contributed by atoms with Crippen LogP contribution < -0.4 is 5.32 Å². The maximum Gasteiger partial charge on any atom is 0.0575 e. The number of nitrogens with one attached hydrogen (secondary N) is 1. The van der Waals surface area contributed by atoms with E-state index in [1.165, 1.54) is 47.4 Å². The summed E-state index contributed by atoms with van der Waals surface area (Å²) < 4.78 is 5.85. The molecule has 0 saturated carbocycles. The Hall–Kier alpha value is -0.380. The fraction of sp³-hybridized carbons (Fsp3) is 0.750. The third-order valence-corrected chi connectivity index (χ3v) is 5.16. The molecule has 2 unspecified atom stereocenters. The summed E-state index contributed by atoms with van der Waals surface area (Å²) in [5, 5.41) is 3.65. The molecule has 1 fully saturated rings. The molecule has 3 heteroatoms. The lowest BCUT2D eigenvalue weighted by atomic mass is 10.00. The minimum Gasteiger partial charge on any atom is -0.378 e. The minimum absolute atomic E-state index is 0.497.